The summed E-state index contributed by atoms with van der Waals surface area (Å²) in [5, 5.41) is 2.47. The van der Waals surface area contributed by atoms with Crippen LogP contribution in [0.3, 0.4) is 0 Å². The molecule has 1 aromatic heterocycles. The van der Waals surface area contributed by atoms with Crippen LogP contribution in [0.2, 0.25) is 0 Å². The number of halogens is 4. The van der Waals surface area contributed by atoms with Crippen LogP contribution >= 0.6 is 0 Å². The zero-order chi connectivity index (χ0) is 15.2. The molecule has 1 atom stereocenters. The molecule has 0 aliphatic carbocycles. The molecule has 1 amide bonds. The number of hydrogen-bond acceptors (Lipinski definition) is 2. The summed E-state index contributed by atoms with van der Waals surface area (Å²) in [4.78, 5) is 11.7. The van der Waals surface area contributed by atoms with Gasteiger partial charge in [0.25, 0.3) is 0 Å². The molecule has 0 saturated heterocycles. The zero-order valence-electron chi connectivity index (χ0n) is 10.9. The van der Waals surface area contributed by atoms with Crippen molar-refractivity contribution in [2.75, 3.05) is 19.8 Å². The minimum absolute atomic E-state index is 0.0240. The topological polar surface area (TPSA) is 43.3 Å². The van der Waals surface area contributed by atoms with E-state index in [-0.39, 0.29) is 19.1 Å². The first-order valence-electron chi connectivity index (χ1n) is 5.98. The zero-order valence-corrected chi connectivity index (χ0v) is 10.9. The Morgan fingerprint density at radius 2 is 1.95 bits per heavy atom. The Labute approximate surface area is 113 Å². The van der Waals surface area contributed by atoms with E-state index >= 15 is 0 Å². The first-order valence-corrected chi connectivity index (χ1v) is 5.98. The van der Waals surface area contributed by atoms with E-state index in [1.54, 1.807) is 36.0 Å². The van der Waals surface area contributed by atoms with Crippen LogP contribution in [0.5, 0.6) is 0 Å². The van der Waals surface area contributed by atoms with Gasteiger partial charge in [-0.05, 0) is 19.1 Å². The van der Waals surface area contributed by atoms with Crippen LogP contribution in [0.1, 0.15) is 13.0 Å². The van der Waals surface area contributed by atoms with Crippen molar-refractivity contribution in [3.63, 3.8) is 0 Å². The lowest BCUT2D eigenvalue weighted by Gasteiger charge is -2.16. The highest BCUT2D eigenvalue weighted by Crippen LogP contribution is 2.22. The maximum atomic E-state index is 12.5. The predicted molar refractivity (Wildman–Crippen MR) is 63.9 cm³/mol. The van der Waals surface area contributed by atoms with Gasteiger partial charge in [0.15, 0.2) is 0 Å². The van der Waals surface area contributed by atoms with Crippen LogP contribution in [-0.2, 0) is 9.53 Å². The molecule has 0 saturated carbocycles. The van der Waals surface area contributed by atoms with Gasteiger partial charge in [-0.1, -0.05) is 0 Å². The molecule has 1 heterocycles. The van der Waals surface area contributed by atoms with E-state index in [0.717, 1.165) is 0 Å². The Kier molecular flexibility index (Phi) is 6.00. The van der Waals surface area contributed by atoms with Crippen molar-refractivity contribution in [1.29, 1.82) is 0 Å². The average Bonchev–Trinajstić information content (AvgIpc) is 2.90. The molecule has 0 radical (unpaired) electrons. The number of aromatic nitrogens is 1. The Balaban J connectivity index is 2.20. The largest absolute Gasteiger partial charge is 0.373 e. The molecule has 20 heavy (non-hydrogen) atoms. The molecule has 1 unspecified atom stereocenters. The quantitative estimate of drug-likeness (QED) is 0.589. The fraction of sp³-hybridized carbons (Fsp3) is 0.583. The van der Waals surface area contributed by atoms with Crippen LogP contribution < -0.4 is 5.32 Å². The van der Waals surface area contributed by atoms with Gasteiger partial charge in [0, 0.05) is 18.9 Å². The lowest BCUT2D eigenvalue weighted by atomic mass is 10.3. The third-order valence-corrected chi connectivity index (χ3v) is 2.61. The summed E-state index contributed by atoms with van der Waals surface area (Å²) in [6.07, 6.45) is -0.334. The molecule has 8 heteroatoms. The number of hydrogen-bond donors (Lipinski definition) is 1. The van der Waals surface area contributed by atoms with E-state index < -0.39 is 25.0 Å². The summed E-state index contributed by atoms with van der Waals surface area (Å²) in [5.74, 6) is -4.48. The van der Waals surface area contributed by atoms with Crippen LogP contribution in [-0.4, -0.2) is 42.6 Å². The Morgan fingerprint density at radius 1 is 1.35 bits per heavy atom. The number of amides is 1. The average molecular weight is 296 g/mol. The molecule has 1 aromatic rings. The molecule has 114 valence electrons. The summed E-state index contributed by atoms with van der Waals surface area (Å²) < 4.78 is 54.7. The predicted octanol–water partition coefficient (Wildman–Crippen LogP) is 2.08. The first-order chi connectivity index (χ1) is 9.34. The maximum Gasteiger partial charge on any atom is 0.330 e. The number of ether oxygens (including phenoxy) is 1. The monoisotopic (exact) mass is 296 g/mol. The summed E-state index contributed by atoms with van der Waals surface area (Å²) >= 11 is 0. The lowest BCUT2D eigenvalue weighted by Crippen LogP contribution is -2.36. The van der Waals surface area contributed by atoms with Crippen molar-refractivity contribution in [2.45, 2.75) is 25.3 Å². The highest BCUT2D eigenvalue weighted by atomic mass is 19.3. The van der Waals surface area contributed by atoms with Crippen molar-refractivity contribution in [3.05, 3.63) is 24.5 Å². The molecule has 1 N–H and O–H groups in total. The van der Waals surface area contributed by atoms with E-state index in [1.165, 1.54) is 0 Å². The molecule has 0 spiro atoms. The smallest absolute Gasteiger partial charge is 0.330 e. The summed E-state index contributed by atoms with van der Waals surface area (Å²) in [6.45, 7) is 0.0189. The molecule has 0 aromatic carbocycles. The molecule has 1 rings (SSSR count). The molecule has 4 nitrogen and oxygen atoms in total. The van der Waals surface area contributed by atoms with E-state index in [4.69, 9.17) is 0 Å². The van der Waals surface area contributed by atoms with Gasteiger partial charge in [-0.2, -0.15) is 8.78 Å². The highest BCUT2D eigenvalue weighted by molar-refractivity contribution is 5.79. The summed E-state index contributed by atoms with van der Waals surface area (Å²) in [7, 11) is 0. The van der Waals surface area contributed by atoms with Gasteiger partial charge >= 0.3 is 12.3 Å². The standard InChI is InChI=1S/C12H16F4N2O2/c1-9(18-5-2-3-6-18)10(19)17-4-7-20-8-12(15,16)11(13)14/h2-3,5-6,9,11H,4,7-8H2,1H3,(H,17,19). The Morgan fingerprint density at radius 3 is 2.50 bits per heavy atom. The first kappa shape index (κ1) is 16.5. The Bertz CT molecular complexity index is 410. The molecule has 0 bridgehead atoms. The minimum Gasteiger partial charge on any atom is -0.373 e. The second-order valence-electron chi connectivity index (χ2n) is 4.21. The third-order valence-electron chi connectivity index (χ3n) is 2.61. The number of nitrogens with one attached hydrogen (secondary N) is 1. The van der Waals surface area contributed by atoms with E-state index in [1.807, 2.05) is 0 Å². The van der Waals surface area contributed by atoms with Crippen molar-refractivity contribution < 1.29 is 27.1 Å². The van der Waals surface area contributed by atoms with Crippen molar-refractivity contribution in [3.8, 4) is 0 Å². The summed E-state index contributed by atoms with van der Waals surface area (Å²) in [6, 6.07) is 3.08. The van der Waals surface area contributed by atoms with Crippen molar-refractivity contribution >= 4 is 5.91 Å². The van der Waals surface area contributed by atoms with Gasteiger partial charge in [-0.25, -0.2) is 8.78 Å². The normalized spacial score (nSPS) is 13.5. The van der Waals surface area contributed by atoms with Gasteiger partial charge in [-0.15, -0.1) is 0 Å². The van der Waals surface area contributed by atoms with Crippen molar-refractivity contribution in [1.82, 2.24) is 9.88 Å². The number of alkyl halides is 4. The van der Waals surface area contributed by atoms with E-state index in [0.29, 0.717) is 0 Å². The molecular formula is C12H16F4N2O2. The Hall–Kier alpha value is -1.57. The SMILES string of the molecule is CC(C(=O)NCCOCC(F)(F)C(F)F)n1cccc1. The summed E-state index contributed by atoms with van der Waals surface area (Å²) in [5.41, 5.74) is 0. The number of carbonyl (C=O) groups excluding carboxylic acids is 1. The van der Waals surface area contributed by atoms with Crippen molar-refractivity contribution in [2.24, 2.45) is 0 Å². The fourth-order valence-electron chi connectivity index (χ4n) is 1.41. The second-order valence-corrected chi connectivity index (χ2v) is 4.21. The molecule has 0 fully saturated rings. The van der Waals surface area contributed by atoms with Crippen LogP contribution in [0.25, 0.3) is 0 Å². The van der Waals surface area contributed by atoms with Crippen LogP contribution in [0, 0.1) is 0 Å². The number of nitrogens with zero attached hydrogens (tertiary/aromatic N) is 1. The second kappa shape index (κ2) is 7.28. The molecule has 0 aliphatic rings. The number of rotatable bonds is 8. The minimum atomic E-state index is -4.16. The lowest BCUT2D eigenvalue weighted by molar-refractivity contribution is -0.165. The van der Waals surface area contributed by atoms with Crippen LogP contribution in [0.15, 0.2) is 24.5 Å². The highest BCUT2D eigenvalue weighted by Gasteiger charge is 2.40. The molecular weight excluding hydrogens is 280 g/mol. The molecule has 0 aliphatic heterocycles. The third kappa shape index (κ3) is 4.84. The fourth-order valence-corrected chi connectivity index (χ4v) is 1.41. The number of carbonyl (C=O) groups is 1. The van der Waals surface area contributed by atoms with Crippen LogP contribution in [0.4, 0.5) is 17.6 Å². The van der Waals surface area contributed by atoms with Gasteiger partial charge in [0.2, 0.25) is 5.91 Å². The van der Waals surface area contributed by atoms with Gasteiger partial charge < -0.3 is 14.6 Å². The van der Waals surface area contributed by atoms with Gasteiger partial charge in [-0.3, -0.25) is 4.79 Å². The maximum absolute atomic E-state index is 12.5. The van der Waals surface area contributed by atoms with Gasteiger partial charge in [0.1, 0.15) is 12.6 Å². The van der Waals surface area contributed by atoms with E-state index in [2.05, 4.69) is 10.1 Å². The van der Waals surface area contributed by atoms with Gasteiger partial charge in [0.05, 0.1) is 6.61 Å². The van der Waals surface area contributed by atoms with E-state index in [9.17, 15) is 22.4 Å².